The van der Waals surface area contributed by atoms with Gasteiger partial charge in [0.1, 0.15) is 11.5 Å². The minimum absolute atomic E-state index is 0.0292. The maximum atomic E-state index is 10.7. The molecule has 0 radical (unpaired) electrons. The van der Waals surface area contributed by atoms with Gasteiger partial charge in [-0.15, -0.1) is 0 Å². The van der Waals surface area contributed by atoms with Crippen molar-refractivity contribution in [2.45, 2.75) is 19.4 Å². The largest absolute Gasteiger partial charge is 0.370 e. The summed E-state index contributed by atoms with van der Waals surface area (Å²) in [6.07, 6.45) is 0.752. The van der Waals surface area contributed by atoms with Crippen LogP contribution in [0.25, 0.3) is 0 Å². The van der Waals surface area contributed by atoms with Crippen LogP contribution < -0.4 is 11.1 Å². The molecule has 6 nitrogen and oxygen atoms in total. The van der Waals surface area contributed by atoms with Gasteiger partial charge in [-0.3, -0.25) is 10.1 Å². The van der Waals surface area contributed by atoms with Crippen molar-refractivity contribution in [1.29, 1.82) is 0 Å². The van der Waals surface area contributed by atoms with E-state index in [0.29, 0.717) is 18.1 Å². The van der Waals surface area contributed by atoms with Crippen LogP contribution in [0, 0.1) is 17.0 Å². The van der Waals surface area contributed by atoms with E-state index in [9.17, 15) is 10.1 Å². The average Bonchev–Trinajstić information content (AvgIpc) is 2.47. The Hall–Kier alpha value is -2.47. The van der Waals surface area contributed by atoms with Crippen molar-refractivity contribution in [2.75, 3.05) is 11.9 Å². The highest BCUT2D eigenvalue weighted by molar-refractivity contribution is 5.44. The lowest BCUT2D eigenvalue weighted by Gasteiger charge is -2.13. The Morgan fingerprint density at radius 3 is 2.62 bits per heavy atom. The minimum Gasteiger partial charge on any atom is -0.370 e. The Morgan fingerprint density at radius 2 is 2.00 bits per heavy atom. The summed E-state index contributed by atoms with van der Waals surface area (Å²) in [7, 11) is 0. The molecule has 21 heavy (non-hydrogen) atoms. The van der Waals surface area contributed by atoms with E-state index >= 15 is 0 Å². The standard InChI is InChI=1S/C15H18N4O2/c1-11-14(19(20)21)7-8-15(18-11)17-10-9-13(16)12-5-3-2-4-6-12/h2-8,13H,9-10,16H2,1H3,(H,17,18). The molecule has 2 aromatic rings. The van der Waals surface area contributed by atoms with Gasteiger partial charge in [0.25, 0.3) is 5.69 Å². The molecule has 2 rings (SSSR count). The van der Waals surface area contributed by atoms with Crippen molar-refractivity contribution in [1.82, 2.24) is 4.98 Å². The molecular weight excluding hydrogens is 268 g/mol. The molecule has 0 bridgehead atoms. The lowest BCUT2D eigenvalue weighted by atomic mass is 10.1. The molecule has 3 N–H and O–H groups in total. The van der Waals surface area contributed by atoms with Gasteiger partial charge in [-0.2, -0.15) is 0 Å². The zero-order chi connectivity index (χ0) is 15.2. The molecule has 1 aromatic heterocycles. The van der Waals surface area contributed by atoms with Crippen LogP contribution in [0.1, 0.15) is 23.7 Å². The highest BCUT2D eigenvalue weighted by atomic mass is 16.6. The van der Waals surface area contributed by atoms with Crippen molar-refractivity contribution >= 4 is 11.5 Å². The molecule has 0 fully saturated rings. The van der Waals surface area contributed by atoms with E-state index in [1.54, 1.807) is 13.0 Å². The smallest absolute Gasteiger partial charge is 0.290 e. The lowest BCUT2D eigenvalue weighted by molar-refractivity contribution is -0.385. The molecule has 1 heterocycles. The first-order valence-corrected chi connectivity index (χ1v) is 6.74. The van der Waals surface area contributed by atoms with E-state index in [-0.39, 0.29) is 11.7 Å². The average molecular weight is 286 g/mol. The van der Waals surface area contributed by atoms with Gasteiger partial charge in [0.15, 0.2) is 0 Å². The summed E-state index contributed by atoms with van der Waals surface area (Å²) in [5.41, 5.74) is 7.62. The van der Waals surface area contributed by atoms with Gasteiger partial charge >= 0.3 is 0 Å². The number of hydrogen-bond donors (Lipinski definition) is 2. The first kappa shape index (κ1) is 14.9. The Kier molecular flexibility index (Phi) is 4.84. The SMILES string of the molecule is Cc1nc(NCCC(N)c2ccccc2)ccc1[N+](=O)[O-]. The Morgan fingerprint density at radius 1 is 1.29 bits per heavy atom. The molecule has 0 aliphatic rings. The van der Waals surface area contributed by atoms with Crippen LogP contribution in [-0.4, -0.2) is 16.5 Å². The van der Waals surface area contributed by atoms with E-state index in [1.165, 1.54) is 6.07 Å². The number of rotatable bonds is 6. The topological polar surface area (TPSA) is 94.1 Å². The molecule has 0 saturated carbocycles. The normalized spacial score (nSPS) is 11.9. The number of nitrogens with one attached hydrogen (secondary N) is 1. The van der Waals surface area contributed by atoms with Gasteiger partial charge in [0, 0.05) is 18.7 Å². The second kappa shape index (κ2) is 6.81. The quantitative estimate of drug-likeness (QED) is 0.629. The first-order valence-electron chi connectivity index (χ1n) is 6.74. The number of nitrogens with zero attached hydrogens (tertiary/aromatic N) is 2. The van der Waals surface area contributed by atoms with Crippen LogP contribution >= 0.6 is 0 Å². The molecule has 1 atom stereocenters. The second-order valence-corrected chi connectivity index (χ2v) is 4.79. The van der Waals surface area contributed by atoms with E-state index in [2.05, 4.69) is 10.3 Å². The summed E-state index contributed by atoms with van der Waals surface area (Å²) in [6.45, 7) is 2.28. The zero-order valence-corrected chi connectivity index (χ0v) is 11.8. The molecule has 1 unspecified atom stereocenters. The van der Waals surface area contributed by atoms with Crippen LogP contribution in [0.15, 0.2) is 42.5 Å². The number of pyridine rings is 1. The van der Waals surface area contributed by atoms with Crippen LogP contribution in [0.3, 0.4) is 0 Å². The Balaban J connectivity index is 1.89. The minimum atomic E-state index is -0.433. The van der Waals surface area contributed by atoms with Gasteiger partial charge < -0.3 is 11.1 Å². The van der Waals surface area contributed by atoms with Crippen molar-refractivity contribution in [2.24, 2.45) is 5.73 Å². The maximum Gasteiger partial charge on any atom is 0.290 e. The molecule has 0 amide bonds. The van der Waals surface area contributed by atoms with Crippen LogP contribution in [0.2, 0.25) is 0 Å². The summed E-state index contributed by atoms with van der Waals surface area (Å²) >= 11 is 0. The van der Waals surface area contributed by atoms with E-state index < -0.39 is 4.92 Å². The summed E-state index contributed by atoms with van der Waals surface area (Å²) in [6, 6.07) is 12.9. The van der Waals surface area contributed by atoms with E-state index in [4.69, 9.17) is 5.73 Å². The molecule has 0 saturated heterocycles. The number of anilines is 1. The molecule has 0 spiro atoms. The second-order valence-electron chi connectivity index (χ2n) is 4.79. The molecule has 0 aliphatic carbocycles. The van der Waals surface area contributed by atoms with Gasteiger partial charge in [-0.05, 0) is 25.0 Å². The summed E-state index contributed by atoms with van der Waals surface area (Å²) in [4.78, 5) is 14.5. The number of hydrogen-bond acceptors (Lipinski definition) is 5. The van der Waals surface area contributed by atoms with Crippen LogP contribution in [0.5, 0.6) is 0 Å². The highest BCUT2D eigenvalue weighted by Crippen LogP contribution is 2.18. The Labute approximate surface area is 123 Å². The van der Waals surface area contributed by atoms with E-state index in [0.717, 1.165) is 12.0 Å². The maximum absolute atomic E-state index is 10.7. The summed E-state index contributed by atoms with van der Waals surface area (Å²) in [5.74, 6) is 0.623. The predicted octanol–water partition coefficient (Wildman–Crippen LogP) is 2.80. The third kappa shape index (κ3) is 4.00. The first-order chi connectivity index (χ1) is 10.1. The predicted molar refractivity (Wildman–Crippen MR) is 82.1 cm³/mol. The third-order valence-electron chi connectivity index (χ3n) is 3.24. The molecular formula is C15H18N4O2. The zero-order valence-electron chi connectivity index (χ0n) is 11.8. The fourth-order valence-corrected chi connectivity index (χ4v) is 2.07. The van der Waals surface area contributed by atoms with Crippen molar-refractivity contribution < 1.29 is 4.92 Å². The summed E-state index contributed by atoms with van der Waals surface area (Å²) < 4.78 is 0. The molecule has 0 aliphatic heterocycles. The van der Waals surface area contributed by atoms with Gasteiger partial charge in [0.2, 0.25) is 0 Å². The third-order valence-corrected chi connectivity index (χ3v) is 3.24. The fourth-order valence-electron chi connectivity index (χ4n) is 2.07. The number of benzene rings is 1. The summed E-state index contributed by atoms with van der Waals surface area (Å²) in [5, 5.41) is 13.9. The van der Waals surface area contributed by atoms with Gasteiger partial charge in [0.05, 0.1) is 4.92 Å². The number of aryl methyl sites for hydroxylation is 1. The number of aromatic nitrogens is 1. The van der Waals surface area contributed by atoms with Gasteiger partial charge in [-0.25, -0.2) is 4.98 Å². The van der Waals surface area contributed by atoms with Gasteiger partial charge in [-0.1, -0.05) is 30.3 Å². The lowest BCUT2D eigenvalue weighted by Crippen LogP contribution is -2.15. The highest BCUT2D eigenvalue weighted by Gasteiger charge is 2.11. The molecule has 1 aromatic carbocycles. The monoisotopic (exact) mass is 286 g/mol. The molecule has 110 valence electrons. The number of nitrogens with two attached hydrogens (primary N) is 1. The molecule has 6 heteroatoms. The van der Waals surface area contributed by atoms with Crippen LogP contribution in [0.4, 0.5) is 11.5 Å². The number of nitro groups is 1. The Bertz CT molecular complexity index is 616. The van der Waals surface area contributed by atoms with Crippen molar-refractivity contribution in [3.8, 4) is 0 Å². The fraction of sp³-hybridized carbons (Fsp3) is 0.267. The van der Waals surface area contributed by atoms with E-state index in [1.807, 2.05) is 30.3 Å². The van der Waals surface area contributed by atoms with Crippen molar-refractivity contribution in [3.63, 3.8) is 0 Å². The van der Waals surface area contributed by atoms with Crippen LogP contribution in [-0.2, 0) is 0 Å². The van der Waals surface area contributed by atoms with Crippen molar-refractivity contribution in [3.05, 3.63) is 63.8 Å².